The minimum absolute atomic E-state index is 0.0575. The van der Waals surface area contributed by atoms with Gasteiger partial charge in [0.05, 0.1) is 0 Å². The van der Waals surface area contributed by atoms with Gasteiger partial charge in [-0.2, -0.15) is 0 Å². The first-order valence-electron chi connectivity index (χ1n) is 57.5. The van der Waals surface area contributed by atoms with Gasteiger partial charge in [-0.05, 0) is 390 Å². The predicted molar refractivity (Wildman–Crippen MR) is 630 cm³/mol. The van der Waals surface area contributed by atoms with Gasteiger partial charge in [-0.25, -0.2) is 0 Å². The molecule has 23 rings (SSSR count). The zero-order valence-corrected chi connectivity index (χ0v) is 91.4. The van der Waals surface area contributed by atoms with Gasteiger partial charge < -0.3 is 0 Å². The van der Waals surface area contributed by atoms with Gasteiger partial charge in [0, 0.05) is 37.9 Å². The number of hydrogen-bond donors (Lipinski definition) is 0. The summed E-state index contributed by atoms with van der Waals surface area (Å²) in [7, 11) is 0. The van der Waals surface area contributed by atoms with Crippen molar-refractivity contribution in [1.29, 1.82) is 0 Å². The second kappa shape index (κ2) is 38.0. The first-order chi connectivity index (χ1) is 70.6. The third kappa shape index (κ3) is 16.1. The van der Waals surface area contributed by atoms with Crippen molar-refractivity contribution in [3.8, 4) is 145 Å². The van der Waals surface area contributed by atoms with Crippen LogP contribution in [0.15, 0.2) is 267 Å². The maximum Gasteiger partial charge on any atom is 0.0159 e. The molecule has 0 nitrogen and oxygen atoms in total. The highest BCUT2D eigenvalue weighted by molar-refractivity contribution is 6.13. The van der Waals surface area contributed by atoms with E-state index in [1.807, 2.05) is 0 Å². The molecule has 0 aliphatic heterocycles. The summed E-state index contributed by atoms with van der Waals surface area (Å²) in [4.78, 5) is 0. The van der Waals surface area contributed by atoms with Crippen molar-refractivity contribution < 1.29 is 0 Å². The average Bonchev–Trinajstić information content (AvgIpc) is 1.51. The Hall–Kier alpha value is -12.0. The van der Waals surface area contributed by atoms with E-state index in [0.29, 0.717) is 0 Å². The topological polar surface area (TPSA) is 0 Å². The van der Waals surface area contributed by atoms with Crippen LogP contribution in [-0.2, 0) is 63.6 Å². The van der Waals surface area contributed by atoms with Gasteiger partial charge in [0.25, 0.3) is 0 Å². The van der Waals surface area contributed by atoms with Crippen molar-refractivity contribution in [2.75, 3.05) is 0 Å². The summed E-state index contributed by atoms with van der Waals surface area (Å²) < 4.78 is 0. The highest BCUT2D eigenvalue weighted by Gasteiger charge is 2.48. The van der Waals surface area contributed by atoms with Crippen LogP contribution in [0, 0.1) is 0 Å². The van der Waals surface area contributed by atoms with Crippen LogP contribution >= 0.6 is 0 Å². The van der Waals surface area contributed by atoms with Crippen molar-refractivity contribution in [2.45, 2.75) is 349 Å². The molecule has 0 saturated heterocycles. The monoisotopic (exact) mass is 1910 g/mol. The largest absolute Gasteiger partial charge is 0.0654 e. The second-order valence-electron chi connectivity index (χ2n) is 49.5. The zero-order valence-electron chi connectivity index (χ0n) is 91.4. The van der Waals surface area contributed by atoms with E-state index in [2.05, 4.69) is 392 Å². The van der Waals surface area contributed by atoms with E-state index in [1.54, 1.807) is 0 Å². The highest BCUT2D eigenvalue weighted by Crippen LogP contribution is 2.65. The molecule has 0 bridgehead atoms. The Morgan fingerprint density at radius 3 is 0.651 bits per heavy atom. The molecular weight excluding hydrogens is 1750 g/mol. The summed E-state index contributed by atoms with van der Waals surface area (Å²) in [5.41, 5.74) is 60.9. The lowest BCUT2D eigenvalue weighted by Crippen LogP contribution is -2.17. The minimum Gasteiger partial charge on any atom is -0.0654 e. The van der Waals surface area contributed by atoms with E-state index in [4.69, 9.17) is 0 Å². The van der Waals surface area contributed by atoms with E-state index in [1.165, 1.54) is 427 Å². The van der Waals surface area contributed by atoms with Crippen LogP contribution in [0.4, 0.5) is 0 Å². The van der Waals surface area contributed by atoms with Gasteiger partial charge in [0.2, 0.25) is 0 Å². The van der Waals surface area contributed by atoms with Crippen molar-refractivity contribution in [3.05, 3.63) is 367 Å². The fourth-order valence-electron chi connectivity index (χ4n) is 29.1. The molecule has 0 N–H and O–H groups in total. The molecule has 740 valence electrons. The van der Waals surface area contributed by atoms with Crippen LogP contribution in [-0.4, -0.2) is 0 Å². The zero-order chi connectivity index (χ0) is 101. The molecule has 0 radical (unpaired) electrons. The first kappa shape index (κ1) is 97.4. The quantitative estimate of drug-likeness (QED) is 0.0347. The Balaban J connectivity index is 0.600. The maximum atomic E-state index is 2.76. The molecule has 16 aromatic carbocycles. The van der Waals surface area contributed by atoms with Crippen LogP contribution in [0.25, 0.3) is 166 Å². The minimum atomic E-state index is -0.292. The predicted octanol–water partition coefficient (Wildman–Crippen LogP) is 42.1. The lowest BCUT2D eigenvalue weighted by atomic mass is 9.78. The van der Waals surface area contributed by atoms with Crippen molar-refractivity contribution in [1.82, 2.24) is 0 Å². The molecule has 0 atom stereocenters. The van der Waals surface area contributed by atoms with Crippen molar-refractivity contribution in [3.63, 3.8) is 0 Å². The Kier molecular flexibility index (Phi) is 25.4. The molecule has 0 heterocycles. The Bertz CT molecular complexity index is 7830. The molecule has 16 aromatic rings. The molecule has 146 heavy (non-hydrogen) atoms. The van der Waals surface area contributed by atoms with Gasteiger partial charge in [0.1, 0.15) is 0 Å². The Morgan fingerprint density at radius 2 is 0.342 bits per heavy atom. The van der Waals surface area contributed by atoms with Gasteiger partial charge in [-0.3, -0.25) is 0 Å². The second-order valence-corrected chi connectivity index (χ2v) is 49.5. The fraction of sp³-hybridized carbons (Fsp3) is 0.370. The lowest BCUT2D eigenvalue weighted by molar-refractivity contribution is 0.589. The molecule has 0 amide bonds. The number of fused-ring (bicyclic) bond motifs is 25. The summed E-state index contributed by atoms with van der Waals surface area (Å²) in [5, 5.41) is 5.51. The smallest absolute Gasteiger partial charge is 0.0159 e. The first-order valence-corrected chi connectivity index (χ1v) is 57.5. The normalized spacial score (nSPS) is 15.7. The molecule has 0 heteroatoms. The van der Waals surface area contributed by atoms with Gasteiger partial charge in [-0.1, -0.05) is 454 Å². The molecule has 0 aromatic heterocycles. The number of benzene rings is 16. The van der Waals surface area contributed by atoms with Crippen LogP contribution < -0.4 is 0 Å². The fourth-order valence-corrected chi connectivity index (χ4v) is 29.1. The molecule has 0 fully saturated rings. The van der Waals surface area contributed by atoms with E-state index in [0.717, 1.165) is 25.7 Å². The van der Waals surface area contributed by atoms with E-state index in [-0.39, 0.29) is 37.9 Å². The number of unbranched alkanes of at least 4 members (excludes halogenated alkanes) is 21. The number of hydrogen-bond acceptors (Lipinski definition) is 0. The molecular formula is C146H156. The number of rotatable bonds is 35. The highest BCUT2D eigenvalue weighted by atomic mass is 14.5. The van der Waals surface area contributed by atoms with E-state index >= 15 is 0 Å². The Labute approximate surface area is 875 Å². The summed E-state index contributed by atoms with van der Waals surface area (Å²) in [5.74, 6) is 0. The average molecular weight is 1910 g/mol. The van der Waals surface area contributed by atoms with Crippen LogP contribution in [0.1, 0.15) is 385 Å². The summed E-state index contributed by atoms with van der Waals surface area (Å²) in [6.45, 7) is 44.4. The van der Waals surface area contributed by atoms with Gasteiger partial charge in [-0.15, -0.1) is 0 Å². The molecule has 0 unspecified atom stereocenters. The molecule has 7 aliphatic carbocycles. The number of aryl methyl sites for hydroxylation is 4. The molecule has 7 aliphatic rings. The molecule has 0 spiro atoms. The van der Waals surface area contributed by atoms with Crippen LogP contribution in [0.5, 0.6) is 0 Å². The summed E-state index contributed by atoms with van der Waals surface area (Å²) in [6, 6.07) is 109. The third-order valence-electron chi connectivity index (χ3n) is 37.8. The summed E-state index contributed by atoms with van der Waals surface area (Å²) in [6.07, 6.45) is 36.1. The lowest BCUT2D eigenvalue weighted by Gasteiger charge is -2.25. The molecule has 0 saturated carbocycles. The summed E-state index contributed by atoms with van der Waals surface area (Å²) >= 11 is 0. The van der Waals surface area contributed by atoms with Gasteiger partial charge >= 0.3 is 0 Å². The van der Waals surface area contributed by atoms with Crippen LogP contribution in [0.3, 0.4) is 0 Å². The van der Waals surface area contributed by atoms with Gasteiger partial charge in [0.15, 0.2) is 0 Å². The Morgan fingerprint density at radius 1 is 0.137 bits per heavy atom. The van der Waals surface area contributed by atoms with E-state index < -0.39 is 0 Å². The van der Waals surface area contributed by atoms with Crippen molar-refractivity contribution >= 4 is 21.5 Å². The van der Waals surface area contributed by atoms with Crippen LogP contribution in [0.2, 0.25) is 0 Å². The maximum absolute atomic E-state index is 2.76. The third-order valence-corrected chi connectivity index (χ3v) is 37.8. The van der Waals surface area contributed by atoms with E-state index in [9.17, 15) is 0 Å². The standard InChI is InChI=1S/C146H156/c1-19-23-27-31-35-39-41-53-97-79-117(99(55-43-38-34-30-26-22-4)77-115(97)101-69-75-111-109-73-67-95(83-129(109)143(11,12)131(111)85-101)93-65-71-107-105-59-49-51-63-125(105)141(7,8)127(107)81-93)119-87-137-139(113-61-47-45-57-103(113)119)123-91-133-121(89-135(123)146(137,17)18)120-88-134-122(90-132(120)144(133,13)14)138-112-60-46-44-56-102(112)118(86-136(138)145(134,15)16)116-78-96(52-40-36-32-28-24-20-2)114(76-98(116)54-42-37-33-29-25-21-3)100-68-74-110-108-72-66-94(82-128(108)142(9,10)130(110)84-100)92-64-70-106-104-58-48-50-62-124(104)140(5,6)126(106)80-92/h44-51,56-91H,19-43,52-55H2,1-18H3. The SMILES string of the molecule is CCCCCCCCCc1cc(-c2cc3c(c4ccccc24)-c2cc4c(cc2C3(C)C)-c2cc3c(cc2C4(C)C)-c2c(cc(-c4cc(CCCCCCCC)c(-c5ccc6c(c5)C(C)(C)c5cc(-c7ccc8c(c7)C(C)(C)c7ccccc7-8)ccc5-6)cc4CCCCCCCC)c4ccccc24)C3(C)C)c(CCCCCCCC)cc1-c1ccc2c(c1)C(C)(C)c1cc(-c3ccc4c(c3)C(C)(C)c3ccccc3-4)ccc1-2. The van der Waals surface area contributed by atoms with Crippen molar-refractivity contribution in [2.24, 2.45) is 0 Å².